The lowest BCUT2D eigenvalue weighted by atomic mass is 9.88. The van der Waals surface area contributed by atoms with Crippen molar-refractivity contribution in [2.75, 3.05) is 57.9 Å². The number of nitrogens with zero attached hydrogens (tertiary/aromatic N) is 3. The highest BCUT2D eigenvalue weighted by atomic mass is 32.2. The molecule has 1 saturated carbocycles. The van der Waals surface area contributed by atoms with E-state index in [9.17, 15) is 27.0 Å². The number of aromatic nitrogens is 1. The van der Waals surface area contributed by atoms with Gasteiger partial charge in [0.25, 0.3) is 0 Å². The standard InChI is InChI=1S/C31H45N5O9S2/c1-35-13-14-43-30-28(35)16-26(19-33-30)47(41,42)36-11-9-31(10-12-36)17-22(20-45-31)32-18-23(37)21-44-24-5-4-6-25(15-24)46(39,40)34-27-7-2-3-8-29(27)38/h4-6,15-16,19,22-23,27,29,32,34,37-38H,2-3,7-14,17-18,20-21H2,1H3/t22?,23-,27-,29-/m0/s1. The molecular formula is C31H45N5O9S2. The number of hydrogen-bond donors (Lipinski definition) is 4. The number of benzene rings is 1. The number of rotatable bonds is 11. The molecule has 0 bridgehead atoms. The summed E-state index contributed by atoms with van der Waals surface area (Å²) in [6.45, 7) is 2.48. The Morgan fingerprint density at radius 3 is 2.68 bits per heavy atom. The maximum Gasteiger partial charge on any atom is 0.244 e. The molecule has 3 fully saturated rings. The fraction of sp³-hybridized carbons (Fsp3) is 0.645. The third-order valence-electron chi connectivity index (χ3n) is 9.60. The third-order valence-corrected chi connectivity index (χ3v) is 13.0. The zero-order valence-electron chi connectivity index (χ0n) is 26.6. The molecule has 4 N–H and O–H groups in total. The first-order valence-corrected chi connectivity index (χ1v) is 19.2. The van der Waals surface area contributed by atoms with E-state index in [1.54, 1.807) is 18.2 Å². The topological polar surface area (TPSA) is 180 Å². The van der Waals surface area contributed by atoms with Gasteiger partial charge in [-0.05, 0) is 50.3 Å². The van der Waals surface area contributed by atoms with Crippen LogP contribution in [0.5, 0.6) is 11.6 Å². The van der Waals surface area contributed by atoms with E-state index in [2.05, 4.69) is 15.0 Å². The number of ether oxygens (including phenoxy) is 3. The maximum absolute atomic E-state index is 13.4. The van der Waals surface area contributed by atoms with Crippen molar-refractivity contribution in [2.24, 2.45) is 0 Å². The van der Waals surface area contributed by atoms with Crippen LogP contribution in [0.2, 0.25) is 0 Å². The smallest absolute Gasteiger partial charge is 0.244 e. The van der Waals surface area contributed by atoms with Crippen molar-refractivity contribution in [1.29, 1.82) is 0 Å². The van der Waals surface area contributed by atoms with Crippen LogP contribution in [0.1, 0.15) is 44.9 Å². The van der Waals surface area contributed by atoms with Gasteiger partial charge in [0, 0.05) is 44.8 Å². The highest BCUT2D eigenvalue weighted by molar-refractivity contribution is 7.89. The van der Waals surface area contributed by atoms with Crippen molar-refractivity contribution < 1.29 is 41.3 Å². The average molecular weight is 696 g/mol. The van der Waals surface area contributed by atoms with Crippen LogP contribution >= 0.6 is 0 Å². The van der Waals surface area contributed by atoms with Crippen LogP contribution in [-0.4, -0.2) is 119 Å². The summed E-state index contributed by atoms with van der Waals surface area (Å²) in [4.78, 5) is 6.37. The van der Waals surface area contributed by atoms with Gasteiger partial charge in [-0.3, -0.25) is 0 Å². The number of aliphatic hydroxyl groups excluding tert-OH is 2. The second-order valence-corrected chi connectivity index (χ2v) is 16.6. The Labute approximate surface area is 276 Å². The Balaban J connectivity index is 0.952. The molecule has 1 aromatic heterocycles. The number of likely N-dealkylation sites (N-methyl/N-ethyl adjacent to an activating group) is 1. The number of sulfonamides is 2. The Morgan fingerprint density at radius 1 is 1.11 bits per heavy atom. The predicted molar refractivity (Wildman–Crippen MR) is 173 cm³/mol. The van der Waals surface area contributed by atoms with Gasteiger partial charge in [0.2, 0.25) is 25.9 Å². The van der Waals surface area contributed by atoms with Crippen molar-refractivity contribution in [1.82, 2.24) is 19.3 Å². The Hall–Kier alpha value is -2.57. The summed E-state index contributed by atoms with van der Waals surface area (Å²) in [6, 6.07) is 7.19. The molecule has 260 valence electrons. The largest absolute Gasteiger partial charge is 0.491 e. The number of nitrogens with one attached hydrogen (secondary N) is 2. The number of aliphatic hydroxyl groups is 2. The van der Waals surface area contributed by atoms with E-state index in [4.69, 9.17) is 14.2 Å². The van der Waals surface area contributed by atoms with Crippen LogP contribution in [0.4, 0.5) is 5.69 Å². The zero-order chi connectivity index (χ0) is 33.2. The van der Waals surface area contributed by atoms with Gasteiger partial charge in [0.1, 0.15) is 35.7 Å². The zero-order valence-corrected chi connectivity index (χ0v) is 28.2. The quantitative estimate of drug-likeness (QED) is 0.261. The van der Waals surface area contributed by atoms with E-state index >= 15 is 0 Å². The summed E-state index contributed by atoms with van der Waals surface area (Å²) in [5.74, 6) is 0.752. The van der Waals surface area contributed by atoms with Gasteiger partial charge in [-0.25, -0.2) is 26.5 Å². The molecule has 4 aliphatic rings. The second kappa shape index (κ2) is 14.1. The van der Waals surface area contributed by atoms with Crippen molar-refractivity contribution in [3.8, 4) is 11.6 Å². The van der Waals surface area contributed by atoms with Gasteiger partial charge in [0.15, 0.2) is 0 Å². The minimum Gasteiger partial charge on any atom is -0.491 e. The minimum atomic E-state index is -3.84. The first kappa shape index (κ1) is 34.3. The highest BCUT2D eigenvalue weighted by Gasteiger charge is 2.45. The molecule has 1 aromatic carbocycles. The highest BCUT2D eigenvalue weighted by Crippen LogP contribution is 2.38. The molecule has 4 heterocycles. The molecular weight excluding hydrogens is 651 g/mol. The molecule has 14 nitrogen and oxygen atoms in total. The van der Waals surface area contributed by atoms with Crippen LogP contribution in [-0.2, 0) is 24.8 Å². The van der Waals surface area contributed by atoms with Crippen LogP contribution in [0.25, 0.3) is 0 Å². The molecule has 2 saturated heterocycles. The molecule has 3 aliphatic heterocycles. The number of hydrogen-bond acceptors (Lipinski definition) is 12. The Kier molecular flexibility index (Phi) is 10.3. The second-order valence-electron chi connectivity index (χ2n) is 13.0. The lowest BCUT2D eigenvalue weighted by Crippen LogP contribution is -2.47. The van der Waals surface area contributed by atoms with Crippen molar-refractivity contribution in [3.63, 3.8) is 0 Å². The molecule has 1 aliphatic carbocycles. The van der Waals surface area contributed by atoms with Gasteiger partial charge in [-0.1, -0.05) is 18.9 Å². The molecule has 0 amide bonds. The summed E-state index contributed by atoms with van der Waals surface area (Å²) in [7, 11) is -5.69. The van der Waals surface area contributed by atoms with Crippen molar-refractivity contribution in [3.05, 3.63) is 36.5 Å². The van der Waals surface area contributed by atoms with Crippen LogP contribution in [0.15, 0.2) is 46.3 Å². The molecule has 6 rings (SSSR count). The minimum absolute atomic E-state index is 0.0112. The Bertz CT molecular complexity index is 1620. The third kappa shape index (κ3) is 7.85. The van der Waals surface area contributed by atoms with E-state index in [0.29, 0.717) is 82.3 Å². The lowest BCUT2D eigenvalue weighted by Gasteiger charge is -2.38. The SMILES string of the molecule is CN1CCOc2ncc(S(=O)(=O)N3CCC4(CC3)CC(NC[C@H](O)COc3cccc(S(=O)(=O)N[C@H]5CCCC[C@@H]5O)c3)CO4)cc21. The van der Waals surface area contributed by atoms with Gasteiger partial charge in [-0.2, -0.15) is 4.31 Å². The number of anilines is 1. The van der Waals surface area contributed by atoms with Gasteiger partial charge >= 0.3 is 0 Å². The first-order valence-electron chi connectivity index (χ1n) is 16.3. The maximum atomic E-state index is 13.4. The molecule has 47 heavy (non-hydrogen) atoms. The fourth-order valence-electron chi connectivity index (χ4n) is 6.76. The molecule has 1 unspecified atom stereocenters. The number of fused-ring (bicyclic) bond motifs is 1. The molecule has 4 atom stereocenters. The molecule has 1 spiro atoms. The number of piperidine rings is 1. The van der Waals surface area contributed by atoms with E-state index in [0.717, 1.165) is 12.8 Å². The van der Waals surface area contributed by atoms with Gasteiger partial charge < -0.3 is 34.6 Å². The van der Waals surface area contributed by atoms with Crippen molar-refractivity contribution >= 4 is 25.7 Å². The first-order chi connectivity index (χ1) is 22.4. The fourth-order valence-corrected chi connectivity index (χ4v) is 9.50. The lowest BCUT2D eigenvalue weighted by molar-refractivity contribution is -0.0312. The Morgan fingerprint density at radius 2 is 1.89 bits per heavy atom. The molecule has 0 radical (unpaired) electrons. The average Bonchev–Trinajstić information content (AvgIpc) is 3.46. The van der Waals surface area contributed by atoms with Crippen LogP contribution in [0.3, 0.4) is 0 Å². The van der Waals surface area contributed by atoms with E-state index in [1.165, 1.54) is 22.6 Å². The summed E-state index contributed by atoms with van der Waals surface area (Å²) in [5, 5.41) is 24.1. The normalized spacial score (nSPS) is 25.7. The molecule has 2 aromatic rings. The monoisotopic (exact) mass is 695 g/mol. The summed E-state index contributed by atoms with van der Waals surface area (Å²) in [5.41, 5.74) is 0.234. The predicted octanol–water partition coefficient (Wildman–Crippen LogP) is 0.834. The molecule has 16 heteroatoms. The summed E-state index contributed by atoms with van der Waals surface area (Å²) in [6.07, 6.45) is 4.52. The van der Waals surface area contributed by atoms with E-state index in [-0.39, 0.29) is 29.0 Å². The van der Waals surface area contributed by atoms with Crippen molar-refractivity contribution in [2.45, 2.75) is 84.6 Å². The summed E-state index contributed by atoms with van der Waals surface area (Å²) < 4.78 is 74.3. The van der Waals surface area contributed by atoms with Crippen LogP contribution in [0, 0.1) is 0 Å². The van der Waals surface area contributed by atoms with E-state index in [1.807, 2.05) is 11.9 Å². The van der Waals surface area contributed by atoms with Crippen LogP contribution < -0.4 is 24.4 Å². The van der Waals surface area contributed by atoms with Gasteiger partial charge in [0.05, 0.1) is 35.9 Å². The number of pyridine rings is 1. The van der Waals surface area contributed by atoms with E-state index < -0.39 is 43.9 Å². The summed E-state index contributed by atoms with van der Waals surface area (Å²) >= 11 is 0. The van der Waals surface area contributed by atoms with Gasteiger partial charge in [-0.15, -0.1) is 0 Å².